The fraction of sp³-hybridized carbons (Fsp3) is 0.0909. The number of halogens is 2. The summed E-state index contributed by atoms with van der Waals surface area (Å²) >= 11 is 13.2. The number of nitrogen functional groups attached to an aromatic ring is 1. The number of hydrogen-bond acceptors (Lipinski definition) is 4. The first-order valence-electron chi connectivity index (χ1n) is 4.96. The van der Waals surface area contributed by atoms with E-state index in [4.69, 9.17) is 29.0 Å². The lowest BCUT2D eigenvalue weighted by Gasteiger charge is -2.00. The summed E-state index contributed by atoms with van der Waals surface area (Å²) in [6, 6.07) is 5.13. The predicted molar refractivity (Wildman–Crippen MR) is 74.0 cm³/mol. The van der Waals surface area contributed by atoms with Crippen molar-refractivity contribution in [1.82, 2.24) is 10.4 Å². The minimum absolute atomic E-state index is 0.360. The Bertz CT molecular complexity index is 612. The molecular weight excluding hydrogens is 293 g/mol. The molecule has 1 aromatic heterocycles. The highest BCUT2D eigenvalue weighted by Crippen LogP contribution is 2.34. The number of thiazole rings is 1. The van der Waals surface area contributed by atoms with Gasteiger partial charge >= 0.3 is 0 Å². The fourth-order valence-corrected chi connectivity index (χ4v) is 3.01. The molecule has 3 N–H and O–H groups in total. The number of hydrazine groups is 1. The quantitative estimate of drug-likeness (QED) is 0.509. The third-order valence-electron chi connectivity index (χ3n) is 2.30. The summed E-state index contributed by atoms with van der Waals surface area (Å²) in [6.45, 7) is 1.74. The number of nitrogens with zero attached hydrogens (tertiary/aromatic N) is 1. The maximum atomic E-state index is 11.5. The van der Waals surface area contributed by atoms with Crippen LogP contribution in [0.2, 0.25) is 10.0 Å². The summed E-state index contributed by atoms with van der Waals surface area (Å²) in [7, 11) is 0. The Hall–Kier alpha value is -1.14. The SMILES string of the molecule is Cc1nc(-c2ccc(Cl)cc2Cl)sc1C(=O)NN. The molecule has 0 aliphatic carbocycles. The third-order valence-corrected chi connectivity index (χ3v) is 4.03. The van der Waals surface area contributed by atoms with Gasteiger partial charge in [0.05, 0.1) is 10.7 Å². The normalized spacial score (nSPS) is 10.4. The van der Waals surface area contributed by atoms with Crippen LogP contribution in [0.25, 0.3) is 10.6 Å². The van der Waals surface area contributed by atoms with E-state index in [2.05, 4.69) is 10.4 Å². The van der Waals surface area contributed by atoms with Crippen LogP contribution in [0.5, 0.6) is 0 Å². The van der Waals surface area contributed by atoms with Gasteiger partial charge in [0, 0.05) is 10.6 Å². The molecule has 18 heavy (non-hydrogen) atoms. The molecule has 4 nitrogen and oxygen atoms in total. The average molecular weight is 302 g/mol. The van der Waals surface area contributed by atoms with E-state index in [-0.39, 0.29) is 5.91 Å². The molecule has 7 heteroatoms. The Morgan fingerprint density at radius 2 is 2.17 bits per heavy atom. The van der Waals surface area contributed by atoms with Gasteiger partial charge in [0.1, 0.15) is 9.88 Å². The number of amides is 1. The number of nitrogens with one attached hydrogen (secondary N) is 1. The Labute approximate surface area is 118 Å². The van der Waals surface area contributed by atoms with E-state index in [0.717, 1.165) is 5.56 Å². The van der Waals surface area contributed by atoms with Crippen LogP contribution < -0.4 is 11.3 Å². The Morgan fingerprint density at radius 3 is 2.78 bits per heavy atom. The lowest BCUT2D eigenvalue weighted by atomic mass is 10.2. The maximum absolute atomic E-state index is 11.5. The van der Waals surface area contributed by atoms with Gasteiger partial charge in [0.2, 0.25) is 0 Å². The number of rotatable bonds is 2. The standard InChI is InChI=1S/C11H9Cl2N3OS/c1-5-9(10(17)16-14)18-11(15-5)7-3-2-6(12)4-8(7)13/h2-4H,14H2,1H3,(H,16,17). The van der Waals surface area contributed by atoms with Gasteiger partial charge in [-0.15, -0.1) is 11.3 Å². The van der Waals surface area contributed by atoms with Crippen molar-refractivity contribution in [2.45, 2.75) is 6.92 Å². The van der Waals surface area contributed by atoms with E-state index in [1.54, 1.807) is 25.1 Å². The number of benzene rings is 1. The first kappa shape index (κ1) is 13.3. The van der Waals surface area contributed by atoms with E-state index in [9.17, 15) is 4.79 Å². The van der Waals surface area contributed by atoms with Gasteiger partial charge in [-0.1, -0.05) is 23.2 Å². The van der Waals surface area contributed by atoms with Crippen LogP contribution in [0.4, 0.5) is 0 Å². The van der Waals surface area contributed by atoms with E-state index < -0.39 is 0 Å². The zero-order chi connectivity index (χ0) is 13.3. The average Bonchev–Trinajstić information content (AvgIpc) is 2.70. The molecule has 0 unspecified atom stereocenters. The van der Waals surface area contributed by atoms with E-state index in [1.165, 1.54) is 11.3 Å². The molecule has 0 saturated carbocycles. The van der Waals surface area contributed by atoms with Crippen LogP contribution in [0, 0.1) is 6.92 Å². The fourth-order valence-electron chi connectivity index (χ4n) is 1.45. The van der Waals surface area contributed by atoms with Gasteiger partial charge in [0.15, 0.2) is 0 Å². The summed E-state index contributed by atoms with van der Waals surface area (Å²) in [5, 5.41) is 1.71. The van der Waals surface area contributed by atoms with Crippen LogP contribution in [0.1, 0.15) is 15.4 Å². The Morgan fingerprint density at radius 1 is 1.44 bits per heavy atom. The van der Waals surface area contributed by atoms with Crippen LogP contribution in [0.15, 0.2) is 18.2 Å². The Balaban J connectivity index is 2.49. The van der Waals surface area contributed by atoms with Gasteiger partial charge < -0.3 is 0 Å². The summed E-state index contributed by atoms with van der Waals surface area (Å²) in [4.78, 5) is 16.3. The highest BCUT2D eigenvalue weighted by Gasteiger charge is 2.16. The van der Waals surface area contributed by atoms with Gasteiger partial charge in [-0.25, -0.2) is 10.8 Å². The molecule has 1 aromatic carbocycles. The molecule has 2 aromatic rings. The molecule has 0 atom stereocenters. The van der Waals surface area contributed by atoms with Crippen molar-refractivity contribution in [3.8, 4) is 10.6 Å². The topological polar surface area (TPSA) is 68.0 Å². The summed E-state index contributed by atoms with van der Waals surface area (Å²) in [5.74, 6) is 4.75. The maximum Gasteiger partial charge on any atom is 0.277 e. The van der Waals surface area contributed by atoms with Crippen molar-refractivity contribution < 1.29 is 4.79 Å². The molecule has 0 bridgehead atoms. The smallest absolute Gasteiger partial charge is 0.277 e. The number of carbonyl (C=O) groups is 1. The minimum Gasteiger partial charge on any atom is -0.289 e. The van der Waals surface area contributed by atoms with Crippen molar-refractivity contribution in [3.05, 3.63) is 38.8 Å². The van der Waals surface area contributed by atoms with E-state index in [0.29, 0.717) is 25.6 Å². The van der Waals surface area contributed by atoms with Crippen molar-refractivity contribution in [1.29, 1.82) is 0 Å². The van der Waals surface area contributed by atoms with Crippen molar-refractivity contribution in [2.24, 2.45) is 5.84 Å². The van der Waals surface area contributed by atoms with E-state index >= 15 is 0 Å². The van der Waals surface area contributed by atoms with Gasteiger partial charge in [-0.05, 0) is 25.1 Å². The van der Waals surface area contributed by atoms with Crippen LogP contribution >= 0.6 is 34.5 Å². The second kappa shape index (κ2) is 5.24. The lowest BCUT2D eigenvalue weighted by Crippen LogP contribution is -2.29. The molecule has 0 aliphatic heterocycles. The molecule has 1 heterocycles. The summed E-state index contributed by atoms with van der Waals surface area (Å²) in [6.07, 6.45) is 0. The van der Waals surface area contributed by atoms with E-state index in [1.807, 2.05) is 0 Å². The monoisotopic (exact) mass is 301 g/mol. The van der Waals surface area contributed by atoms with Crippen molar-refractivity contribution >= 4 is 40.4 Å². The molecule has 0 fully saturated rings. The zero-order valence-corrected chi connectivity index (χ0v) is 11.7. The second-order valence-electron chi connectivity index (χ2n) is 3.53. The molecule has 0 aliphatic rings. The van der Waals surface area contributed by atoms with Gasteiger partial charge in [-0.2, -0.15) is 0 Å². The number of aryl methyl sites for hydroxylation is 1. The predicted octanol–water partition coefficient (Wildman–Crippen LogP) is 3.03. The highest BCUT2D eigenvalue weighted by atomic mass is 35.5. The van der Waals surface area contributed by atoms with Crippen LogP contribution in [-0.2, 0) is 0 Å². The van der Waals surface area contributed by atoms with Gasteiger partial charge in [-0.3, -0.25) is 10.2 Å². The summed E-state index contributed by atoms with van der Waals surface area (Å²) < 4.78 is 0. The first-order valence-corrected chi connectivity index (χ1v) is 6.54. The van der Waals surface area contributed by atoms with Crippen LogP contribution in [-0.4, -0.2) is 10.9 Å². The largest absolute Gasteiger partial charge is 0.289 e. The second-order valence-corrected chi connectivity index (χ2v) is 5.37. The minimum atomic E-state index is -0.360. The van der Waals surface area contributed by atoms with Gasteiger partial charge in [0.25, 0.3) is 5.91 Å². The Kier molecular flexibility index (Phi) is 3.87. The lowest BCUT2D eigenvalue weighted by molar-refractivity contribution is 0.0957. The van der Waals surface area contributed by atoms with Crippen molar-refractivity contribution in [2.75, 3.05) is 0 Å². The summed E-state index contributed by atoms with van der Waals surface area (Å²) in [5.41, 5.74) is 3.44. The molecule has 0 spiro atoms. The van der Waals surface area contributed by atoms with Crippen molar-refractivity contribution in [3.63, 3.8) is 0 Å². The highest BCUT2D eigenvalue weighted by molar-refractivity contribution is 7.17. The molecule has 94 valence electrons. The first-order chi connectivity index (χ1) is 8.52. The molecular formula is C11H9Cl2N3OS. The number of nitrogens with two attached hydrogens (primary N) is 1. The number of aromatic nitrogens is 1. The number of carbonyl (C=O) groups excluding carboxylic acids is 1. The zero-order valence-electron chi connectivity index (χ0n) is 9.33. The molecule has 1 amide bonds. The molecule has 0 saturated heterocycles. The molecule has 0 radical (unpaired) electrons. The number of hydrogen-bond donors (Lipinski definition) is 2. The molecule has 2 rings (SSSR count). The van der Waals surface area contributed by atoms with Crippen LogP contribution in [0.3, 0.4) is 0 Å². The third kappa shape index (κ3) is 2.49.